The van der Waals surface area contributed by atoms with Crippen molar-refractivity contribution in [2.24, 2.45) is 11.8 Å². The van der Waals surface area contributed by atoms with E-state index in [9.17, 15) is 4.79 Å². The van der Waals surface area contributed by atoms with Gasteiger partial charge in [-0.05, 0) is 24.3 Å². The van der Waals surface area contributed by atoms with Gasteiger partial charge in [-0.1, -0.05) is 57.7 Å². The van der Waals surface area contributed by atoms with Crippen LogP contribution in [-0.4, -0.2) is 39.6 Å². The number of fused-ring (bicyclic) bond motifs is 1. The van der Waals surface area contributed by atoms with Crippen LogP contribution in [0, 0.1) is 11.8 Å². The van der Waals surface area contributed by atoms with Crippen LogP contribution in [0.1, 0.15) is 45.9 Å². The molecule has 0 radical (unpaired) electrons. The molecule has 25 heavy (non-hydrogen) atoms. The molecule has 1 aromatic carbocycles. The minimum absolute atomic E-state index is 0.220. The van der Waals surface area contributed by atoms with Gasteiger partial charge < -0.3 is 4.90 Å². The van der Waals surface area contributed by atoms with E-state index in [2.05, 4.69) is 32.7 Å². The topological polar surface area (TPSA) is 46.1 Å². The van der Waals surface area contributed by atoms with Crippen molar-refractivity contribution in [2.45, 2.75) is 45.1 Å². The Labute approximate surface area is 154 Å². The van der Waals surface area contributed by atoms with E-state index in [0.717, 1.165) is 34.8 Å². The van der Waals surface area contributed by atoms with Gasteiger partial charge in [0.2, 0.25) is 5.91 Å². The van der Waals surface area contributed by atoms with E-state index in [1.165, 1.54) is 6.42 Å². The second-order valence-electron chi connectivity index (χ2n) is 7.59. The lowest BCUT2D eigenvalue weighted by atomic mass is 9.92. The van der Waals surface area contributed by atoms with Crippen LogP contribution < -0.4 is 0 Å². The van der Waals surface area contributed by atoms with Crippen molar-refractivity contribution in [2.75, 3.05) is 18.8 Å². The van der Waals surface area contributed by atoms with Gasteiger partial charge in [-0.2, -0.15) is 0 Å². The molecule has 5 heteroatoms. The third kappa shape index (κ3) is 4.32. The number of rotatable bonds is 4. The lowest BCUT2D eigenvalue weighted by molar-refractivity contribution is -0.130. The van der Waals surface area contributed by atoms with Gasteiger partial charge in [0, 0.05) is 24.4 Å². The summed E-state index contributed by atoms with van der Waals surface area (Å²) in [6.07, 6.45) is 1.21. The van der Waals surface area contributed by atoms with Crippen LogP contribution in [0.15, 0.2) is 29.3 Å². The maximum atomic E-state index is 12.7. The summed E-state index contributed by atoms with van der Waals surface area (Å²) in [5.74, 6) is 2.95. The Balaban J connectivity index is 1.77. The predicted molar refractivity (Wildman–Crippen MR) is 104 cm³/mol. The first-order valence-electron chi connectivity index (χ1n) is 9.11. The average molecular weight is 358 g/mol. The summed E-state index contributed by atoms with van der Waals surface area (Å²) in [5.41, 5.74) is 0.955. The maximum Gasteiger partial charge on any atom is 0.233 e. The monoisotopic (exact) mass is 357 g/mol. The molecule has 0 aliphatic carbocycles. The van der Waals surface area contributed by atoms with Crippen LogP contribution in [-0.2, 0) is 4.79 Å². The summed E-state index contributed by atoms with van der Waals surface area (Å²) in [7, 11) is 0. The number of benzene rings is 1. The Morgan fingerprint density at radius 2 is 1.88 bits per heavy atom. The quantitative estimate of drug-likeness (QED) is 0.603. The Morgan fingerprint density at radius 1 is 1.20 bits per heavy atom. The van der Waals surface area contributed by atoms with Crippen LogP contribution in [0.2, 0.25) is 0 Å². The molecule has 1 fully saturated rings. The van der Waals surface area contributed by atoms with E-state index >= 15 is 0 Å². The largest absolute Gasteiger partial charge is 0.341 e. The molecule has 0 saturated carbocycles. The molecule has 2 heterocycles. The van der Waals surface area contributed by atoms with Crippen molar-refractivity contribution >= 4 is 28.6 Å². The van der Waals surface area contributed by atoms with Crippen LogP contribution in [0.4, 0.5) is 0 Å². The summed E-state index contributed by atoms with van der Waals surface area (Å²) < 4.78 is 0. The maximum absolute atomic E-state index is 12.7. The normalized spacial score (nSPS) is 21.1. The fourth-order valence-electron chi connectivity index (χ4n) is 3.52. The highest BCUT2D eigenvalue weighted by Gasteiger charge is 2.25. The molecule has 0 N–H and O–H groups in total. The molecule has 0 spiro atoms. The first-order valence-corrected chi connectivity index (χ1v) is 10.1. The SMILES string of the molecule is CC(C)c1nc(SCC(=O)N2C[C@H](C)C[C@H](C)C2)c2ccccc2n1. The number of aromatic nitrogens is 2. The zero-order valence-corrected chi connectivity index (χ0v) is 16.3. The summed E-state index contributed by atoms with van der Waals surface area (Å²) in [5, 5.41) is 1.95. The number of para-hydroxylation sites is 1. The number of carbonyl (C=O) groups is 1. The zero-order chi connectivity index (χ0) is 18.0. The molecule has 1 aliphatic rings. The molecule has 1 aliphatic heterocycles. The van der Waals surface area contributed by atoms with Gasteiger partial charge in [0.15, 0.2) is 0 Å². The molecule has 0 bridgehead atoms. The molecule has 1 saturated heterocycles. The first-order chi connectivity index (χ1) is 11.9. The minimum Gasteiger partial charge on any atom is -0.341 e. The Morgan fingerprint density at radius 3 is 2.56 bits per heavy atom. The van der Waals surface area contributed by atoms with Crippen molar-refractivity contribution in [1.82, 2.24) is 14.9 Å². The molecular formula is C20H27N3OS. The van der Waals surface area contributed by atoms with Gasteiger partial charge in [-0.25, -0.2) is 9.97 Å². The second-order valence-corrected chi connectivity index (χ2v) is 8.56. The molecule has 2 aromatic rings. The molecule has 0 unspecified atom stereocenters. The smallest absolute Gasteiger partial charge is 0.233 e. The highest BCUT2D eigenvalue weighted by molar-refractivity contribution is 8.00. The zero-order valence-electron chi connectivity index (χ0n) is 15.5. The minimum atomic E-state index is 0.220. The number of thioether (sulfide) groups is 1. The van der Waals surface area contributed by atoms with E-state index in [0.29, 0.717) is 17.6 Å². The Hall–Kier alpha value is -1.62. The van der Waals surface area contributed by atoms with Crippen molar-refractivity contribution in [3.63, 3.8) is 0 Å². The van der Waals surface area contributed by atoms with Gasteiger partial charge in [0.05, 0.1) is 11.3 Å². The van der Waals surface area contributed by atoms with E-state index in [1.807, 2.05) is 29.2 Å². The molecule has 134 valence electrons. The number of likely N-dealkylation sites (tertiary alicyclic amines) is 1. The van der Waals surface area contributed by atoms with Gasteiger partial charge in [0.25, 0.3) is 0 Å². The van der Waals surface area contributed by atoms with E-state index in [1.54, 1.807) is 11.8 Å². The fraction of sp³-hybridized carbons (Fsp3) is 0.550. The van der Waals surface area contributed by atoms with Gasteiger partial charge >= 0.3 is 0 Å². The predicted octanol–water partition coefficient (Wildman–Crippen LogP) is 4.35. The van der Waals surface area contributed by atoms with Crippen molar-refractivity contribution in [1.29, 1.82) is 0 Å². The third-order valence-corrected chi connectivity index (χ3v) is 5.63. The summed E-state index contributed by atoms with van der Waals surface area (Å²) >= 11 is 1.54. The number of piperidine rings is 1. The summed E-state index contributed by atoms with van der Waals surface area (Å²) in [4.78, 5) is 24.1. The first kappa shape index (κ1) is 18.2. The Bertz CT molecular complexity index is 752. The highest BCUT2D eigenvalue weighted by atomic mass is 32.2. The lowest BCUT2D eigenvalue weighted by Gasteiger charge is -2.35. The summed E-state index contributed by atoms with van der Waals surface area (Å²) in [6, 6.07) is 8.05. The van der Waals surface area contributed by atoms with Crippen LogP contribution >= 0.6 is 11.8 Å². The third-order valence-electron chi connectivity index (χ3n) is 4.66. The molecule has 4 nitrogen and oxygen atoms in total. The van der Waals surface area contributed by atoms with Gasteiger partial charge in [-0.3, -0.25) is 4.79 Å². The van der Waals surface area contributed by atoms with Gasteiger partial charge in [-0.15, -0.1) is 0 Å². The molecule has 1 aromatic heterocycles. The number of nitrogens with zero attached hydrogens (tertiary/aromatic N) is 3. The number of hydrogen-bond donors (Lipinski definition) is 0. The second kappa shape index (κ2) is 7.73. The number of amides is 1. The van der Waals surface area contributed by atoms with Crippen molar-refractivity contribution in [3.8, 4) is 0 Å². The van der Waals surface area contributed by atoms with E-state index in [-0.39, 0.29) is 11.8 Å². The average Bonchev–Trinajstić information content (AvgIpc) is 2.58. The number of hydrogen-bond acceptors (Lipinski definition) is 4. The van der Waals surface area contributed by atoms with Crippen molar-refractivity contribution in [3.05, 3.63) is 30.1 Å². The van der Waals surface area contributed by atoms with Crippen LogP contribution in [0.25, 0.3) is 10.9 Å². The van der Waals surface area contributed by atoms with Crippen LogP contribution in [0.3, 0.4) is 0 Å². The van der Waals surface area contributed by atoms with E-state index < -0.39 is 0 Å². The molecule has 1 amide bonds. The highest BCUT2D eigenvalue weighted by Crippen LogP contribution is 2.28. The molecular weight excluding hydrogens is 330 g/mol. The Kier molecular flexibility index (Phi) is 5.62. The summed E-state index contributed by atoms with van der Waals surface area (Å²) in [6.45, 7) is 10.4. The fourth-order valence-corrected chi connectivity index (χ4v) is 4.45. The van der Waals surface area contributed by atoms with Crippen LogP contribution in [0.5, 0.6) is 0 Å². The lowest BCUT2D eigenvalue weighted by Crippen LogP contribution is -2.43. The van der Waals surface area contributed by atoms with Crippen molar-refractivity contribution < 1.29 is 4.79 Å². The van der Waals surface area contributed by atoms with E-state index in [4.69, 9.17) is 4.98 Å². The number of carbonyl (C=O) groups excluding carboxylic acids is 1. The van der Waals surface area contributed by atoms with Gasteiger partial charge in [0.1, 0.15) is 10.9 Å². The standard InChI is InChI=1S/C20H27N3OS/c1-13(2)19-21-17-8-6-5-7-16(17)20(22-19)25-12-18(24)23-10-14(3)9-15(4)11-23/h5-8,13-15H,9-12H2,1-4H3/t14-,15+. The molecule has 3 rings (SSSR count). The molecule has 2 atom stereocenters.